The molecule has 0 heterocycles. The van der Waals surface area contributed by atoms with Crippen molar-refractivity contribution >= 4 is 5.97 Å². The van der Waals surface area contributed by atoms with Gasteiger partial charge in [0.2, 0.25) is 0 Å². The van der Waals surface area contributed by atoms with E-state index in [1.807, 2.05) is 37.3 Å². The highest BCUT2D eigenvalue weighted by atomic mass is 16.7. The van der Waals surface area contributed by atoms with Crippen LogP contribution >= 0.6 is 0 Å². The number of carbonyl (C=O) groups excluding carboxylic acids is 1. The van der Waals surface area contributed by atoms with Crippen molar-refractivity contribution in [2.45, 2.75) is 40.0 Å². The van der Waals surface area contributed by atoms with Crippen molar-refractivity contribution in [2.24, 2.45) is 5.92 Å². The number of unbranched alkanes of at least 4 members (excludes halogenated alkanes) is 1. The second kappa shape index (κ2) is 13.8. The Hall–Kier alpha value is -1.61. The summed E-state index contributed by atoms with van der Waals surface area (Å²) in [5.41, 5.74) is 2.68. The molecule has 0 bridgehead atoms. The van der Waals surface area contributed by atoms with Crippen LogP contribution in [0.1, 0.15) is 40.0 Å². The van der Waals surface area contributed by atoms with Crippen LogP contribution in [0, 0.1) is 5.92 Å². The molecule has 3 heteroatoms. The molecule has 1 N–H and O–H groups in total. The Morgan fingerprint density at radius 1 is 1.15 bits per heavy atom. The molecule has 0 spiro atoms. The molecular formula is C17H27NO2. The molecule has 0 aliphatic heterocycles. The summed E-state index contributed by atoms with van der Waals surface area (Å²) in [4.78, 5) is 16.2. The minimum absolute atomic E-state index is 0.370. The van der Waals surface area contributed by atoms with E-state index in [-0.39, 0.29) is 5.97 Å². The molecule has 0 aliphatic carbocycles. The van der Waals surface area contributed by atoms with E-state index in [0.717, 1.165) is 19.3 Å². The van der Waals surface area contributed by atoms with Crippen LogP contribution in [0.5, 0.6) is 0 Å². The molecule has 0 fully saturated rings. The van der Waals surface area contributed by atoms with Gasteiger partial charge in [-0.15, -0.1) is 0 Å². The zero-order valence-electron chi connectivity index (χ0n) is 12.8. The van der Waals surface area contributed by atoms with Gasteiger partial charge in [0.25, 0.3) is 0 Å². The highest BCUT2D eigenvalue weighted by Crippen LogP contribution is 1.97. The van der Waals surface area contributed by atoms with Gasteiger partial charge in [-0.1, -0.05) is 62.8 Å². The maximum Gasteiger partial charge on any atom is 0.349 e. The second-order valence-electron chi connectivity index (χ2n) is 4.60. The third-order valence-electron chi connectivity index (χ3n) is 2.72. The van der Waals surface area contributed by atoms with Gasteiger partial charge in [-0.05, 0) is 25.7 Å². The van der Waals surface area contributed by atoms with E-state index in [9.17, 15) is 4.79 Å². The smallest absolute Gasteiger partial charge is 0.349 e. The van der Waals surface area contributed by atoms with Gasteiger partial charge >= 0.3 is 5.97 Å². The first-order valence-electron chi connectivity index (χ1n) is 7.25. The molecule has 20 heavy (non-hydrogen) atoms. The van der Waals surface area contributed by atoms with Crippen molar-refractivity contribution in [1.82, 2.24) is 5.48 Å². The van der Waals surface area contributed by atoms with E-state index < -0.39 is 0 Å². The normalized spacial score (nSPS) is 13.9. The Morgan fingerprint density at radius 2 is 1.80 bits per heavy atom. The predicted molar refractivity (Wildman–Crippen MR) is 85.0 cm³/mol. The van der Waals surface area contributed by atoms with Crippen molar-refractivity contribution in [1.29, 1.82) is 0 Å². The number of allylic oxidation sites excluding steroid dienone is 7. The first-order chi connectivity index (χ1) is 9.70. The van der Waals surface area contributed by atoms with Gasteiger partial charge in [-0.2, -0.15) is 5.48 Å². The maximum absolute atomic E-state index is 11.3. The van der Waals surface area contributed by atoms with E-state index in [0.29, 0.717) is 12.5 Å². The van der Waals surface area contributed by atoms with Crippen LogP contribution in [0.25, 0.3) is 0 Å². The van der Waals surface area contributed by atoms with Gasteiger partial charge in [-0.3, -0.25) is 0 Å². The fourth-order valence-corrected chi connectivity index (χ4v) is 1.22. The first kappa shape index (κ1) is 18.4. The minimum atomic E-state index is -0.370. The van der Waals surface area contributed by atoms with Gasteiger partial charge in [-0.25, -0.2) is 4.79 Å². The summed E-state index contributed by atoms with van der Waals surface area (Å²) in [5, 5.41) is 0. The monoisotopic (exact) mass is 277 g/mol. The SMILES string of the molecule is C/C=C\C=C/CC/C=C/C=C/C(=O)ONCC(C)CC. The lowest BCUT2D eigenvalue weighted by Gasteiger charge is -2.08. The molecule has 0 aromatic heterocycles. The summed E-state index contributed by atoms with van der Waals surface area (Å²) in [5.74, 6) is 0.133. The summed E-state index contributed by atoms with van der Waals surface area (Å²) in [7, 11) is 0. The molecular weight excluding hydrogens is 250 g/mol. The topological polar surface area (TPSA) is 38.3 Å². The van der Waals surface area contributed by atoms with Crippen LogP contribution in [0.4, 0.5) is 0 Å². The Kier molecular flexibility index (Phi) is 12.7. The Balaban J connectivity index is 3.64. The number of rotatable bonds is 10. The van der Waals surface area contributed by atoms with E-state index in [2.05, 4.69) is 25.4 Å². The predicted octanol–water partition coefficient (Wildman–Crippen LogP) is 4.11. The number of carbonyl (C=O) groups is 1. The molecule has 112 valence electrons. The molecule has 0 aliphatic rings. The maximum atomic E-state index is 11.3. The third kappa shape index (κ3) is 12.8. The Morgan fingerprint density at radius 3 is 2.40 bits per heavy atom. The van der Waals surface area contributed by atoms with Crippen LogP contribution in [-0.2, 0) is 9.63 Å². The van der Waals surface area contributed by atoms with Crippen molar-refractivity contribution in [3.05, 3.63) is 48.6 Å². The molecule has 0 aromatic rings. The van der Waals surface area contributed by atoms with Crippen LogP contribution in [0.2, 0.25) is 0 Å². The molecule has 0 saturated heterocycles. The van der Waals surface area contributed by atoms with Crippen molar-refractivity contribution in [3.63, 3.8) is 0 Å². The van der Waals surface area contributed by atoms with Crippen molar-refractivity contribution in [2.75, 3.05) is 6.54 Å². The lowest BCUT2D eigenvalue weighted by molar-refractivity contribution is -0.145. The molecule has 0 radical (unpaired) electrons. The second-order valence-corrected chi connectivity index (χ2v) is 4.60. The first-order valence-corrected chi connectivity index (χ1v) is 7.25. The number of nitrogens with one attached hydrogen (secondary N) is 1. The van der Waals surface area contributed by atoms with Gasteiger partial charge < -0.3 is 4.84 Å². The summed E-state index contributed by atoms with van der Waals surface area (Å²) >= 11 is 0. The van der Waals surface area contributed by atoms with E-state index in [1.54, 1.807) is 6.08 Å². The average molecular weight is 277 g/mol. The molecule has 0 amide bonds. The third-order valence-corrected chi connectivity index (χ3v) is 2.72. The quantitative estimate of drug-likeness (QED) is 0.283. The largest absolute Gasteiger partial charge is 0.367 e. The summed E-state index contributed by atoms with van der Waals surface area (Å²) in [6.45, 7) is 6.88. The average Bonchev–Trinajstić information content (AvgIpc) is 2.45. The number of hydroxylamine groups is 1. The lowest BCUT2D eigenvalue weighted by Crippen LogP contribution is -2.23. The van der Waals surface area contributed by atoms with Crippen molar-refractivity contribution in [3.8, 4) is 0 Å². The zero-order valence-corrected chi connectivity index (χ0v) is 12.8. The van der Waals surface area contributed by atoms with Gasteiger partial charge in [0.15, 0.2) is 0 Å². The Bertz CT molecular complexity index is 354. The Labute approximate surface area is 123 Å². The fraction of sp³-hybridized carbons (Fsp3) is 0.471. The number of hydrogen-bond acceptors (Lipinski definition) is 3. The van der Waals surface area contributed by atoms with Crippen molar-refractivity contribution < 1.29 is 9.63 Å². The minimum Gasteiger partial charge on any atom is -0.367 e. The van der Waals surface area contributed by atoms with Gasteiger partial charge in [0.1, 0.15) is 0 Å². The summed E-state index contributed by atoms with van der Waals surface area (Å²) in [6, 6.07) is 0. The molecule has 0 aromatic carbocycles. The molecule has 0 saturated carbocycles. The molecule has 1 atom stereocenters. The fourth-order valence-electron chi connectivity index (χ4n) is 1.22. The van der Waals surface area contributed by atoms with E-state index in [4.69, 9.17) is 4.84 Å². The van der Waals surface area contributed by atoms with Gasteiger partial charge in [0, 0.05) is 12.6 Å². The van der Waals surface area contributed by atoms with Crippen LogP contribution in [0.15, 0.2) is 48.6 Å². The molecule has 0 rings (SSSR count). The lowest BCUT2D eigenvalue weighted by atomic mass is 10.1. The number of hydrogen-bond donors (Lipinski definition) is 1. The summed E-state index contributed by atoms with van der Waals surface area (Å²) in [6.07, 6.45) is 18.2. The van der Waals surface area contributed by atoms with Gasteiger partial charge in [0.05, 0.1) is 0 Å². The molecule has 3 nitrogen and oxygen atoms in total. The highest BCUT2D eigenvalue weighted by molar-refractivity contribution is 5.81. The molecule has 1 unspecified atom stereocenters. The van der Waals surface area contributed by atoms with Crippen LogP contribution in [-0.4, -0.2) is 12.5 Å². The summed E-state index contributed by atoms with van der Waals surface area (Å²) < 4.78 is 0. The van der Waals surface area contributed by atoms with Crippen LogP contribution in [0.3, 0.4) is 0 Å². The van der Waals surface area contributed by atoms with Crippen LogP contribution < -0.4 is 5.48 Å². The van der Waals surface area contributed by atoms with E-state index in [1.165, 1.54) is 6.08 Å². The standard InChI is InChI=1S/C17H27NO2/c1-4-6-7-8-9-10-11-12-13-14-17(19)20-18-15-16(3)5-2/h4,6-8,11-14,16,18H,5,9-10,15H2,1-3H3/b6-4-,8-7-,12-11+,14-13+. The highest BCUT2D eigenvalue weighted by Gasteiger charge is 1.99. The van der Waals surface area contributed by atoms with E-state index >= 15 is 0 Å². The zero-order chi connectivity index (χ0) is 15.1.